The lowest BCUT2D eigenvalue weighted by atomic mass is 10.2. The van der Waals surface area contributed by atoms with E-state index in [-0.39, 0.29) is 0 Å². The van der Waals surface area contributed by atoms with Gasteiger partial charge in [0.15, 0.2) is 5.76 Å². The lowest BCUT2D eigenvalue weighted by Gasteiger charge is -2.12. The van der Waals surface area contributed by atoms with Crippen LogP contribution in [0.4, 0.5) is 6.01 Å². The van der Waals surface area contributed by atoms with Crippen molar-refractivity contribution in [2.24, 2.45) is 5.73 Å². The molecule has 2 N–H and O–H groups in total. The molecule has 15 heavy (non-hydrogen) atoms. The van der Waals surface area contributed by atoms with Gasteiger partial charge in [0.1, 0.15) is 6.61 Å². The smallest absolute Gasteiger partial charge is 0.297 e. The third kappa shape index (κ3) is 2.30. The molecule has 0 fully saturated rings. The number of hydrogen-bond donors (Lipinski definition) is 1. The quantitative estimate of drug-likeness (QED) is 0.787. The standard InChI is InChI=1S/C10H17N3O2/c1-13(5-2-4-11)10-12-8-3-6-14-7-9(8)15-10/h2-7,11H2,1H3. The number of ether oxygens (including phenoxy) is 1. The summed E-state index contributed by atoms with van der Waals surface area (Å²) in [5, 5.41) is 0. The summed E-state index contributed by atoms with van der Waals surface area (Å²) in [5.74, 6) is 0.871. The molecule has 0 aliphatic carbocycles. The number of aromatic nitrogens is 1. The van der Waals surface area contributed by atoms with Gasteiger partial charge in [-0.1, -0.05) is 0 Å². The number of hydrogen-bond acceptors (Lipinski definition) is 5. The van der Waals surface area contributed by atoms with Crippen molar-refractivity contribution in [2.45, 2.75) is 19.4 Å². The van der Waals surface area contributed by atoms with Crippen molar-refractivity contribution in [1.29, 1.82) is 0 Å². The highest BCUT2D eigenvalue weighted by atomic mass is 16.5. The highest BCUT2D eigenvalue weighted by Gasteiger charge is 2.18. The Labute approximate surface area is 89.2 Å². The summed E-state index contributed by atoms with van der Waals surface area (Å²) in [5.41, 5.74) is 6.49. The van der Waals surface area contributed by atoms with Crippen LogP contribution in [0.15, 0.2) is 4.42 Å². The zero-order chi connectivity index (χ0) is 10.7. The monoisotopic (exact) mass is 211 g/mol. The fraction of sp³-hybridized carbons (Fsp3) is 0.700. The fourth-order valence-electron chi connectivity index (χ4n) is 1.60. The van der Waals surface area contributed by atoms with Gasteiger partial charge in [0.2, 0.25) is 0 Å². The van der Waals surface area contributed by atoms with Gasteiger partial charge >= 0.3 is 0 Å². The Kier molecular flexibility index (Phi) is 3.23. The van der Waals surface area contributed by atoms with Crippen LogP contribution in [-0.4, -0.2) is 31.7 Å². The largest absolute Gasteiger partial charge is 0.426 e. The van der Waals surface area contributed by atoms with Crippen LogP contribution in [0.5, 0.6) is 0 Å². The van der Waals surface area contributed by atoms with Crippen molar-refractivity contribution in [3.63, 3.8) is 0 Å². The van der Waals surface area contributed by atoms with Gasteiger partial charge in [0.05, 0.1) is 12.3 Å². The first-order valence-electron chi connectivity index (χ1n) is 5.29. The van der Waals surface area contributed by atoms with E-state index in [1.54, 1.807) is 0 Å². The van der Waals surface area contributed by atoms with E-state index in [1.807, 2.05) is 11.9 Å². The molecule has 5 nitrogen and oxygen atoms in total. The van der Waals surface area contributed by atoms with Gasteiger partial charge in [-0.3, -0.25) is 0 Å². The van der Waals surface area contributed by atoms with Crippen LogP contribution in [-0.2, 0) is 17.8 Å². The Hall–Kier alpha value is -1.07. The van der Waals surface area contributed by atoms with Gasteiger partial charge in [0.25, 0.3) is 6.01 Å². The van der Waals surface area contributed by atoms with Crippen molar-refractivity contribution >= 4 is 6.01 Å². The molecule has 0 atom stereocenters. The number of nitrogens with zero attached hydrogens (tertiary/aromatic N) is 2. The van der Waals surface area contributed by atoms with E-state index in [1.165, 1.54) is 0 Å². The second kappa shape index (κ2) is 4.63. The average molecular weight is 211 g/mol. The summed E-state index contributed by atoms with van der Waals surface area (Å²) in [7, 11) is 1.97. The molecule has 0 radical (unpaired) electrons. The van der Waals surface area contributed by atoms with Crippen LogP contribution in [0.2, 0.25) is 0 Å². The van der Waals surface area contributed by atoms with E-state index < -0.39 is 0 Å². The summed E-state index contributed by atoms with van der Waals surface area (Å²) in [6.07, 6.45) is 1.80. The molecular formula is C10H17N3O2. The van der Waals surface area contributed by atoms with Gasteiger partial charge in [-0.25, -0.2) is 0 Å². The van der Waals surface area contributed by atoms with Gasteiger partial charge in [-0.2, -0.15) is 4.98 Å². The van der Waals surface area contributed by atoms with E-state index in [2.05, 4.69) is 4.98 Å². The molecule has 0 amide bonds. The predicted octanol–water partition coefficient (Wildman–Crippen LogP) is 0.532. The lowest BCUT2D eigenvalue weighted by molar-refractivity contribution is 0.0938. The van der Waals surface area contributed by atoms with E-state index in [0.717, 1.165) is 37.4 Å². The minimum atomic E-state index is 0.549. The third-order valence-electron chi connectivity index (χ3n) is 2.51. The molecule has 0 spiro atoms. The van der Waals surface area contributed by atoms with Crippen molar-refractivity contribution in [3.8, 4) is 0 Å². The summed E-state index contributed by atoms with van der Waals surface area (Å²) in [6, 6.07) is 0.680. The van der Waals surface area contributed by atoms with Crippen LogP contribution in [0.3, 0.4) is 0 Å². The summed E-state index contributed by atoms with van der Waals surface area (Å²) >= 11 is 0. The molecule has 5 heteroatoms. The number of anilines is 1. The van der Waals surface area contributed by atoms with Gasteiger partial charge in [-0.05, 0) is 13.0 Å². The third-order valence-corrected chi connectivity index (χ3v) is 2.51. The van der Waals surface area contributed by atoms with E-state index in [9.17, 15) is 0 Å². The van der Waals surface area contributed by atoms with Gasteiger partial charge < -0.3 is 19.8 Å². The maximum absolute atomic E-state index is 5.61. The Morgan fingerprint density at radius 1 is 1.53 bits per heavy atom. The zero-order valence-corrected chi connectivity index (χ0v) is 9.03. The molecule has 0 saturated heterocycles. The van der Waals surface area contributed by atoms with Crippen molar-refractivity contribution < 1.29 is 9.15 Å². The highest BCUT2D eigenvalue weighted by Crippen LogP contribution is 2.22. The summed E-state index contributed by atoms with van der Waals surface area (Å²) < 4.78 is 10.9. The molecule has 1 aromatic rings. The van der Waals surface area contributed by atoms with E-state index in [0.29, 0.717) is 19.2 Å². The predicted molar refractivity (Wildman–Crippen MR) is 56.8 cm³/mol. The molecule has 0 unspecified atom stereocenters. The SMILES string of the molecule is CN(CCCN)c1nc2c(o1)COCC2. The fourth-order valence-corrected chi connectivity index (χ4v) is 1.60. The first-order chi connectivity index (χ1) is 7.31. The summed E-state index contributed by atoms with van der Waals surface area (Å²) in [4.78, 5) is 6.43. The number of rotatable bonds is 4. The average Bonchev–Trinajstić information content (AvgIpc) is 2.69. The Morgan fingerprint density at radius 2 is 2.40 bits per heavy atom. The van der Waals surface area contributed by atoms with Crippen molar-refractivity contribution in [3.05, 3.63) is 11.5 Å². The van der Waals surface area contributed by atoms with Crippen LogP contribution < -0.4 is 10.6 Å². The maximum Gasteiger partial charge on any atom is 0.297 e. The van der Waals surface area contributed by atoms with Crippen molar-refractivity contribution in [2.75, 3.05) is 31.6 Å². The van der Waals surface area contributed by atoms with Gasteiger partial charge in [0, 0.05) is 20.0 Å². The Balaban J connectivity index is 2.05. The number of fused-ring (bicyclic) bond motifs is 1. The minimum Gasteiger partial charge on any atom is -0.426 e. The molecule has 84 valence electrons. The van der Waals surface area contributed by atoms with E-state index >= 15 is 0 Å². The van der Waals surface area contributed by atoms with Crippen LogP contribution in [0.25, 0.3) is 0 Å². The first kappa shape index (κ1) is 10.4. The minimum absolute atomic E-state index is 0.549. The molecule has 0 bridgehead atoms. The first-order valence-corrected chi connectivity index (χ1v) is 5.29. The lowest BCUT2D eigenvalue weighted by Crippen LogP contribution is -2.21. The van der Waals surface area contributed by atoms with E-state index in [4.69, 9.17) is 14.9 Å². The molecule has 2 heterocycles. The highest BCUT2D eigenvalue weighted by molar-refractivity contribution is 5.29. The molecule has 2 rings (SSSR count). The van der Waals surface area contributed by atoms with Crippen LogP contribution in [0, 0.1) is 0 Å². The van der Waals surface area contributed by atoms with Crippen LogP contribution in [0.1, 0.15) is 17.9 Å². The molecule has 1 aromatic heterocycles. The zero-order valence-electron chi connectivity index (χ0n) is 9.03. The Morgan fingerprint density at radius 3 is 3.13 bits per heavy atom. The molecular weight excluding hydrogens is 194 g/mol. The Bertz CT molecular complexity index is 301. The second-order valence-electron chi connectivity index (χ2n) is 3.73. The van der Waals surface area contributed by atoms with Gasteiger partial charge in [-0.15, -0.1) is 0 Å². The normalized spacial score (nSPS) is 15.1. The summed E-state index contributed by atoms with van der Waals surface area (Å²) in [6.45, 7) is 2.85. The number of nitrogens with two attached hydrogens (primary N) is 1. The topological polar surface area (TPSA) is 64.5 Å². The molecule has 0 saturated carbocycles. The number of oxazole rings is 1. The van der Waals surface area contributed by atoms with Crippen molar-refractivity contribution in [1.82, 2.24) is 4.98 Å². The molecule has 1 aliphatic heterocycles. The molecule has 0 aromatic carbocycles. The van der Waals surface area contributed by atoms with Crippen LogP contribution >= 0.6 is 0 Å². The second-order valence-corrected chi connectivity index (χ2v) is 3.73. The maximum atomic E-state index is 5.61. The molecule has 1 aliphatic rings.